The largest absolute Gasteiger partial charge is 0.416 e. The van der Waals surface area contributed by atoms with Gasteiger partial charge in [0.1, 0.15) is 0 Å². The van der Waals surface area contributed by atoms with E-state index in [0.717, 1.165) is 6.07 Å². The molecule has 1 amide bonds. The SMILES string of the molecule is NC1CCC(NC(=O)c2cc([N+](=O)[O-])cc(C(F)(F)F)c2)CC1. The maximum Gasteiger partial charge on any atom is 0.416 e. The highest BCUT2D eigenvalue weighted by Gasteiger charge is 2.33. The predicted molar refractivity (Wildman–Crippen MR) is 75.8 cm³/mol. The summed E-state index contributed by atoms with van der Waals surface area (Å²) in [6.45, 7) is 0. The second kappa shape index (κ2) is 6.53. The maximum atomic E-state index is 12.8. The third-order valence-electron chi connectivity index (χ3n) is 3.83. The molecular weight excluding hydrogens is 315 g/mol. The van der Waals surface area contributed by atoms with Gasteiger partial charge in [0.15, 0.2) is 0 Å². The Hall–Kier alpha value is -2.16. The minimum Gasteiger partial charge on any atom is -0.349 e. The summed E-state index contributed by atoms with van der Waals surface area (Å²) in [7, 11) is 0. The van der Waals surface area contributed by atoms with E-state index >= 15 is 0 Å². The van der Waals surface area contributed by atoms with Gasteiger partial charge < -0.3 is 11.1 Å². The fourth-order valence-corrected chi connectivity index (χ4v) is 2.54. The molecule has 2 rings (SSSR count). The summed E-state index contributed by atoms with van der Waals surface area (Å²) < 4.78 is 38.4. The number of rotatable bonds is 3. The van der Waals surface area contributed by atoms with Crippen LogP contribution in [0.3, 0.4) is 0 Å². The number of alkyl halides is 3. The van der Waals surface area contributed by atoms with E-state index in [0.29, 0.717) is 37.8 Å². The first-order chi connectivity index (χ1) is 10.7. The number of carbonyl (C=O) groups is 1. The lowest BCUT2D eigenvalue weighted by Crippen LogP contribution is -2.40. The third-order valence-corrected chi connectivity index (χ3v) is 3.83. The molecule has 0 bridgehead atoms. The highest BCUT2D eigenvalue weighted by molar-refractivity contribution is 5.95. The lowest BCUT2D eigenvalue weighted by molar-refractivity contribution is -0.385. The number of non-ortho nitro benzene ring substituents is 1. The van der Waals surface area contributed by atoms with Crippen molar-refractivity contribution in [3.8, 4) is 0 Å². The molecule has 9 heteroatoms. The number of hydrogen-bond donors (Lipinski definition) is 2. The molecule has 6 nitrogen and oxygen atoms in total. The highest BCUT2D eigenvalue weighted by Crippen LogP contribution is 2.32. The molecule has 3 N–H and O–H groups in total. The van der Waals surface area contributed by atoms with Crippen LogP contribution in [0.25, 0.3) is 0 Å². The standard InChI is InChI=1S/C14H16F3N3O3/c15-14(16,17)9-5-8(6-12(7-9)20(22)23)13(21)19-11-3-1-10(18)2-4-11/h5-7,10-11H,1-4,18H2,(H,19,21). The first-order valence-corrected chi connectivity index (χ1v) is 7.10. The molecule has 0 spiro atoms. The van der Waals surface area contributed by atoms with E-state index in [1.165, 1.54) is 0 Å². The molecule has 0 aliphatic heterocycles. The molecule has 1 fully saturated rings. The number of carbonyl (C=O) groups excluding carboxylic acids is 1. The van der Waals surface area contributed by atoms with Crippen LogP contribution in [0.2, 0.25) is 0 Å². The summed E-state index contributed by atoms with van der Waals surface area (Å²) in [5.74, 6) is -0.750. The Kier molecular flexibility index (Phi) is 4.88. The average Bonchev–Trinajstić information content (AvgIpc) is 2.48. The number of hydrogen-bond acceptors (Lipinski definition) is 4. The zero-order valence-corrected chi connectivity index (χ0v) is 12.1. The van der Waals surface area contributed by atoms with E-state index in [2.05, 4.69) is 5.32 Å². The molecule has 0 atom stereocenters. The van der Waals surface area contributed by atoms with Crippen LogP contribution in [-0.2, 0) is 6.18 Å². The fraction of sp³-hybridized carbons (Fsp3) is 0.500. The third kappa shape index (κ3) is 4.41. The number of amides is 1. The zero-order valence-electron chi connectivity index (χ0n) is 12.1. The Bertz CT molecular complexity index is 611. The van der Waals surface area contributed by atoms with Gasteiger partial charge in [-0.3, -0.25) is 14.9 Å². The van der Waals surface area contributed by atoms with Gasteiger partial charge in [0, 0.05) is 29.8 Å². The van der Waals surface area contributed by atoms with Crippen molar-refractivity contribution in [1.29, 1.82) is 0 Å². The molecule has 0 aromatic heterocycles. The molecule has 1 aromatic rings. The van der Waals surface area contributed by atoms with Crippen molar-refractivity contribution in [2.24, 2.45) is 5.73 Å². The summed E-state index contributed by atoms with van der Waals surface area (Å²) >= 11 is 0. The van der Waals surface area contributed by atoms with Crippen molar-refractivity contribution in [2.45, 2.75) is 43.9 Å². The molecule has 1 aliphatic carbocycles. The van der Waals surface area contributed by atoms with Gasteiger partial charge in [-0.2, -0.15) is 13.2 Å². The normalized spacial score (nSPS) is 21.7. The minimum atomic E-state index is -4.77. The number of nitrogens with two attached hydrogens (primary N) is 1. The number of nitrogens with zero attached hydrogens (tertiary/aromatic N) is 1. The molecule has 0 saturated heterocycles. The van der Waals surface area contributed by atoms with E-state index < -0.39 is 28.3 Å². The van der Waals surface area contributed by atoms with E-state index in [9.17, 15) is 28.1 Å². The Balaban J connectivity index is 2.22. The fourth-order valence-electron chi connectivity index (χ4n) is 2.54. The molecule has 1 saturated carbocycles. The first kappa shape index (κ1) is 17.2. The average molecular weight is 331 g/mol. The van der Waals surface area contributed by atoms with Crippen molar-refractivity contribution in [3.63, 3.8) is 0 Å². The van der Waals surface area contributed by atoms with E-state index in [1.807, 2.05) is 0 Å². The van der Waals surface area contributed by atoms with Crippen LogP contribution >= 0.6 is 0 Å². The zero-order chi connectivity index (χ0) is 17.2. The summed E-state index contributed by atoms with van der Waals surface area (Å²) in [6.07, 6.45) is -2.07. The Morgan fingerprint density at radius 2 is 1.83 bits per heavy atom. The summed E-state index contributed by atoms with van der Waals surface area (Å²) in [6, 6.07) is 1.76. The van der Waals surface area contributed by atoms with E-state index in [1.54, 1.807) is 0 Å². The summed E-state index contributed by atoms with van der Waals surface area (Å²) in [4.78, 5) is 21.9. The van der Waals surface area contributed by atoms with Crippen LogP contribution in [0.15, 0.2) is 18.2 Å². The van der Waals surface area contributed by atoms with Gasteiger partial charge in [0.25, 0.3) is 11.6 Å². The number of nitro groups is 1. The minimum absolute atomic E-state index is 0.0674. The van der Waals surface area contributed by atoms with Crippen LogP contribution in [0.1, 0.15) is 41.6 Å². The van der Waals surface area contributed by atoms with Gasteiger partial charge in [-0.05, 0) is 31.7 Å². The molecule has 1 aromatic carbocycles. The number of nitrogens with one attached hydrogen (secondary N) is 1. The Labute approximate surface area is 130 Å². The lowest BCUT2D eigenvalue weighted by atomic mass is 9.91. The molecule has 1 aliphatic rings. The Morgan fingerprint density at radius 1 is 1.22 bits per heavy atom. The van der Waals surface area contributed by atoms with Gasteiger partial charge in [0.2, 0.25) is 0 Å². The predicted octanol–water partition coefficient (Wildman–Crippen LogP) is 2.61. The topological polar surface area (TPSA) is 98.3 Å². The van der Waals surface area contributed by atoms with E-state index in [4.69, 9.17) is 5.73 Å². The molecule has 23 heavy (non-hydrogen) atoms. The van der Waals surface area contributed by atoms with Gasteiger partial charge in [-0.15, -0.1) is 0 Å². The van der Waals surface area contributed by atoms with Gasteiger partial charge in [0.05, 0.1) is 10.5 Å². The second-order valence-corrected chi connectivity index (χ2v) is 5.61. The smallest absolute Gasteiger partial charge is 0.349 e. The molecule has 0 heterocycles. The molecule has 0 unspecified atom stereocenters. The van der Waals surface area contributed by atoms with Gasteiger partial charge in [-0.1, -0.05) is 0 Å². The van der Waals surface area contributed by atoms with Crippen molar-refractivity contribution in [1.82, 2.24) is 5.32 Å². The van der Waals surface area contributed by atoms with Crippen LogP contribution in [0, 0.1) is 10.1 Å². The van der Waals surface area contributed by atoms with Crippen LogP contribution in [-0.4, -0.2) is 22.9 Å². The van der Waals surface area contributed by atoms with Crippen molar-refractivity contribution in [2.75, 3.05) is 0 Å². The molecule has 0 radical (unpaired) electrons. The highest BCUT2D eigenvalue weighted by atomic mass is 19.4. The van der Waals surface area contributed by atoms with Crippen molar-refractivity contribution >= 4 is 11.6 Å². The summed E-state index contributed by atoms with van der Waals surface area (Å²) in [5.41, 5.74) is 3.39. The van der Waals surface area contributed by atoms with E-state index in [-0.39, 0.29) is 17.6 Å². The molecule has 126 valence electrons. The van der Waals surface area contributed by atoms with Crippen LogP contribution < -0.4 is 11.1 Å². The first-order valence-electron chi connectivity index (χ1n) is 7.10. The van der Waals surface area contributed by atoms with Crippen molar-refractivity contribution < 1.29 is 22.9 Å². The number of halogens is 3. The monoisotopic (exact) mass is 331 g/mol. The summed E-state index contributed by atoms with van der Waals surface area (Å²) in [5, 5.41) is 13.4. The van der Waals surface area contributed by atoms with Crippen LogP contribution in [0.5, 0.6) is 0 Å². The Morgan fingerprint density at radius 3 is 2.35 bits per heavy atom. The van der Waals surface area contributed by atoms with Gasteiger partial charge in [-0.25, -0.2) is 0 Å². The quantitative estimate of drug-likeness (QED) is 0.657. The van der Waals surface area contributed by atoms with Crippen LogP contribution in [0.4, 0.5) is 18.9 Å². The lowest BCUT2D eigenvalue weighted by Gasteiger charge is -2.26. The number of benzene rings is 1. The van der Waals surface area contributed by atoms with Gasteiger partial charge >= 0.3 is 6.18 Å². The second-order valence-electron chi connectivity index (χ2n) is 5.61. The number of nitro benzene ring substituents is 1. The maximum absolute atomic E-state index is 12.8. The van der Waals surface area contributed by atoms with Crippen molar-refractivity contribution in [3.05, 3.63) is 39.4 Å². The molecular formula is C14H16F3N3O3.